The van der Waals surface area contributed by atoms with Crippen molar-refractivity contribution < 1.29 is 27.9 Å². The van der Waals surface area contributed by atoms with Gasteiger partial charge in [-0.2, -0.15) is 18.3 Å². The summed E-state index contributed by atoms with van der Waals surface area (Å²) in [7, 11) is 0. The summed E-state index contributed by atoms with van der Waals surface area (Å²) in [5.74, 6) is -1.99. The van der Waals surface area contributed by atoms with E-state index in [1.54, 1.807) is 24.3 Å². The first kappa shape index (κ1) is 21.5. The van der Waals surface area contributed by atoms with Crippen LogP contribution in [-0.4, -0.2) is 31.5 Å². The van der Waals surface area contributed by atoms with Gasteiger partial charge in [-0.3, -0.25) is 4.79 Å². The van der Waals surface area contributed by atoms with Gasteiger partial charge in [-0.05, 0) is 18.2 Å². The summed E-state index contributed by atoms with van der Waals surface area (Å²) in [5, 5.41) is 14.1. The van der Waals surface area contributed by atoms with Gasteiger partial charge in [0.05, 0.1) is 11.3 Å². The molecule has 2 aromatic heterocycles. The third-order valence-electron chi connectivity index (χ3n) is 4.84. The summed E-state index contributed by atoms with van der Waals surface area (Å²) >= 11 is 6.34. The average Bonchev–Trinajstić information content (AvgIpc) is 3.13. The zero-order valence-corrected chi connectivity index (χ0v) is 17.1. The summed E-state index contributed by atoms with van der Waals surface area (Å²) in [6, 6.07) is 11.0. The number of hydrogen-bond acceptors (Lipinski definition) is 4. The topological polar surface area (TPSA) is 84.6 Å². The van der Waals surface area contributed by atoms with Crippen molar-refractivity contribution in [3.8, 4) is 22.4 Å². The highest BCUT2D eigenvalue weighted by Gasteiger charge is 2.31. The Labute approximate surface area is 183 Å². The van der Waals surface area contributed by atoms with Crippen LogP contribution in [-0.2, 0) is 6.18 Å². The van der Waals surface area contributed by atoms with Gasteiger partial charge in [-0.15, -0.1) is 0 Å². The molecular formula is C22H13ClF3N3O3. The number of alkyl halides is 3. The molecule has 0 saturated heterocycles. The highest BCUT2D eigenvalue weighted by atomic mass is 35.5. The van der Waals surface area contributed by atoms with Crippen molar-refractivity contribution in [3.63, 3.8) is 0 Å². The molecule has 0 radical (unpaired) electrons. The van der Waals surface area contributed by atoms with Gasteiger partial charge in [-0.25, -0.2) is 14.3 Å². The SMILES string of the molecule is CC(=O)c1nn2c(-c3ccc(C(F)(F)F)cc3)c(-c3ccccc3Cl)cnc2c1C(=O)O. The van der Waals surface area contributed by atoms with Crippen LogP contribution < -0.4 is 0 Å². The van der Waals surface area contributed by atoms with Crippen LogP contribution in [0.3, 0.4) is 0 Å². The Balaban J connectivity index is 2.10. The molecule has 0 amide bonds. The van der Waals surface area contributed by atoms with Gasteiger partial charge in [0.25, 0.3) is 0 Å². The first-order chi connectivity index (χ1) is 15.1. The molecule has 4 aromatic rings. The van der Waals surface area contributed by atoms with E-state index >= 15 is 0 Å². The minimum atomic E-state index is -4.53. The minimum Gasteiger partial charge on any atom is -0.477 e. The summed E-state index contributed by atoms with van der Waals surface area (Å²) in [6.07, 6.45) is -3.16. The van der Waals surface area contributed by atoms with Crippen molar-refractivity contribution >= 4 is 29.0 Å². The lowest BCUT2D eigenvalue weighted by Gasteiger charge is -2.14. The standard InChI is InChI=1S/C22H13ClF3N3O3/c1-11(30)18-17(21(31)32)20-27-10-15(14-4-2-3-5-16(14)23)19(29(20)28-18)12-6-8-13(9-7-12)22(24,25)26/h2-10H,1H3,(H,31,32). The minimum absolute atomic E-state index is 0.117. The summed E-state index contributed by atoms with van der Waals surface area (Å²) in [6.45, 7) is 1.17. The molecule has 4 rings (SSSR count). The first-order valence-electron chi connectivity index (χ1n) is 9.18. The molecule has 2 aromatic carbocycles. The van der Waals surface area contributed by atoms with Gasteiger partial charge in [0.1, 0.15) is 11.3 Å². The molecule has 0 aliphatic rings. The van der Waals surface area contributed by atoms with Gasteiger partial charge >= 0.3 is 12.1 Å². The van der Waals surface area contributed by atoms with Crippen molar-refractivity contribution in [1.29, 1.82) is 0 Å². The Hall–Kier alpha value is -3.72. The number of aromatic carboxylic acids is 1. The first-order valence-corrected chi connectivity index (χ1v) is 9.56. The van der Waals surface area contributed by atoms with E-state index in [0.29, 0.717) is 21.7 Å². The van der Waals surface area contributed by atoms with E-state index in [1.165, 1.54) is 25.3 Å². The van der Waals surface area contributed by atoms with E-state index in [1.807, 2.05) is 0 Å². The second kappa shape index (κ2) is 7.76. The molecule has 0 saturated carbocycles. The predicted molar refractivity (Wildman–Crippen MR) is 111 cm³/mol. The predicted octanol–water partition coefficient (Wildman–Crippen LogP) is 5.64. The zero-order chi connectivity index (χ0) is 23.2. The summed E-state index contributed by atoms with van der Waals surface area (Å²) in [5.41, 5.74) is -0.212. The normalized spacial score (nSPS) is 11.7. The zero-order valence-electron chi connectivity index (χ0n) is 16.3. The fourth-order valence-corrected chi connectivity index (χ4v) is 3.64. The van der Waals surface area contributed by atoms with E-state index in [-0.39, 0.29) is 17.0 Å². The molecule has 6 nitrogen and oxygen atoms in total. The average molecular weight is 460 g/mol. The van der Waals surface area contributed by atoms with Crippen LogP contribution in [0.2, 0.25) is 5.02 Å². The van der Waals surface area contributed by atoms with E-state index in [9.17, 15) is 27.9 Å². The van der Waals surface area contributed by atoms with Crippen LogP contribution in [0.4, 0.5) is 13.2 Å². The smallest absolute Gasteiger partial charge is 0.416 e. The molecule has 162 valence electrons. The quantitative estimate of drug-likeness (QED) is 0.399. The second-order valence-corrected chi connectivity index (χ2v) is 7.30. The molecule has 0 unspecified atom stereocenters. The maximum absolute atomic E-state index is 13.1. The van der Waals surface area contributed by atoms with Crippen molar-refractivity contribution in [2.45, 2.75) is 13.1 Å². The van der Waals surface area contributed by atoms with Crippen molar-refractivity contribution in [2.75, 3.05) is 0 Å². The number of carbonyl (C=O) groups is 2. The summed E-state index contributed by atoms with van der Waals surface area (Å²) < 4.78 is 40.3. The lowest BCUT2D eigenvalue weighted by Crippen LogP contribution is -2.05. The lowest BCUT2D eigenvalue weighted by atomic mass is 9.99. The van der Waals surface area contributed by atoms with E-state index in [2.05, 4.69) is 10.1 Å². The molecule has 1 N–H and O–H groups in total. The Bertz CT molecular complexity index is 1380. The van der Waals surface area contributed by atoms with Crippen molar-refractivity contribution in [3.05, 3.63) is 76.6 Å². The molecular weight excluding hydrogens is 447 g/mol. The number of ketones is 1. The maximum Gasteiger partial charge on any atom is 0.416 e. The number of carboxylic acid groups (broad SMARTS) is 1. The number of carbonyl (C=O) groups excluding carboxylic acids is 1. The Kier molecular flexibility index (Phi) is 5.21. The molecule has 0 atom stereocenters. The number of benzene rings is 2. The lowest BCUT2D eigenvalue weighted by molar-refractivity contribution is -0.137. The van der Waals surface area contributed by atoms with Gasteiger partial charge in [0.2, 0.25) is 0 Å². The van der Waals surface area contributed by atoms with Gasteiger partial charge in [0.15, 0.2) is 11.4 Å². The molecule has 0 bridgehead atoms. The number of fused-ring (bicyclic) bond motifs is 1. The molecule has 0 aliphatic carbocycles. The Morgan fingerprint density at radius 2 is 1.69 bits per heavy atom. The van der Waals surface area contributed by atoms with Crippen molar-refractivity contribution in [2.24, 2.45) is 0 Å². The van der Waals surface area contributed by atoms with Gasteiger partial charge in [-0.1, -0.05) is 41.9 Å². The largest absolute Gasteiger partial charge is 0.477 e. The second-order valence-electron chi connectivity index (χ2n) is 6.90. The van der Waals surface area contributed by atoms with E-state index in [4.69, 9.17) is 11.6 Å². The fourth-order valence-electron chi connectivity index (χ4n) is 3.40. The number of nitrogens with zero attached hydrogens (tertiary/aromatic N) is 3. The number of carboxylic acids is 1. The van der Waals surface area contributed by atoms with Crippen LogP contribution in [0.15, 0.2) is 54.7 Å². The van der Waals surface area contributed by atoms with Crippen LogP contribution in [0, 0.1) is 0 Å². The fraction of sp³-hybridized carbons (Fsp3) is 0.0909. The van der Waals surface area contributed by atoms with Crippen LogP contribution in [0.25, 0.3) is 28.0 Å². The molecule has 10 heteroatoms. The number of halogens is 4. The van der Waals surface area contributed by atoms with Crippen LogP contribution in [0.1, 0.15) is 33.3 Å². The van der Waals surface area contributed by atoms with Crippen LogP contribution in [0.5, 0.6) is 0 Å². The molecule has 0 fully saturated rings. The summed E-state index contributed by atoms with van der Waals surface area (Å²) in [4.78, 5) is 28.1. The number of Topliss-reactive ketones (excluding diaryl/α,β-unsaturated/α-hetero) is 1. The van der Waals surface area contributed by atoms with Crippen LogP contribution >= 0.6 is 11.6 Å². The highest BCUT2D eigenvalue weighted by Crippen LogP contribution is 2.38. The maximum atomic E-state index is 13.1. The third kappa shape index (κ3) is 3.60. The van der Waals surface area contributed by atoms with Gasteiger partial charge < -0.3 is 5.11 Å². The Morgan fingerprint density at radius 3 is 2.25 bits per heavy atom. The number of hydrogen-bond donors (Lipinski definition) is 1. The number of aromatic nitrogens is 3. The van der Waals surface area contributed by atoms with Gasteiger partial charge in [0, 0.05) is 34.8 Å². The number of rotatable bonds is 4. The molecule has 2 heterocycles. The molecule has 0 spiro atoms. The molecule has 0 aliphatic heterocycles. The van der Waals surface area contributed by atoms with E-state index in [0.717, 1.165) is 16.6 Å². The highest BCUT2D eigenvalue weighted by molar-refractivity contribution is 6.33. The van der Waals surface area contributed by atoms with Crippen molar-refractivity contribution in [1.82, 2.24) is 14.6 Å². The Morgan fingerprint density at radius 1 is 1.03 bits per heavy atom. The monoisotopic (exact) mass is 459 g/mol. The molecule has 32 heavy (non-hydrogen) atoms. The third-order valence-corrected chi connectivity index (χ3v) is 5.17. The van der Waals surface area contributed by atoms with E-state index < -0.39 is 29.1 Å².